The standard InChI is InChI=1S/C14H19ClO2/c1-5-17-9-10-6-11(13(15)16)8-12(7-10)14(2,3)4/h6-8H,5,9H2,1-4H3. The Morgan fingerprint density at radius 2 is 1.94 bits per heavy atom. The number of hydrogen-bond acceptors (Lipinski definition) is 2. The van der Waals surface area contributed by atoms with Crippen molar-refractivity contribution in [2.24, 2.45) is 0 Å². The van der Waals surface area contributed by atoms with Crippen LogP contribution in [-0.2, 0) is 16.8 Å². The van der Waals surface area contributed by atoms with Gasteiger partial charge in [-0.3, -0.25) is 4.79 Å². The van der Waals surface area contributed by atoms with Crippen LogP contribution in [0.2, 0.25) is 0 Å². The molecular formula is C14H19ClO2. The van der Waals surface area contributed by atoms with Crippen molar-refractivity contribution < 1.29 is 9.53 Å². The van der Waals surface area contributed by atoms with E-state index in [-0.39, 0.29) is 5.41 Å². The molecule has 94 valence electrons. The topological polar surface area (TPSA) is 26.3 Å². The highest BCUT2D eigenvalue weighted by Gasteiger charge is 2.16. The summed E-state index contributed by atoms with van der Waals surface area (Å²) in [5, 5.41) is -0.422. The highest BCUT2D eigenvalue weighted by atomic mass is 35.5. The number of carbonyl (C=O) groups excluding carboxylic acids is 1. The Labute approximate surface area is 108 Å². The van der Waals surface area contributed by atoms with Gasteiger partial charge in [-0.25, -0.2) is 0 Å². The Hall–Kier alpha value is -0.860. The van der Waals surface area contributed by atoms with E-state index in [0.29, 0.717) is 18.8 Å². The van der Waals surface area contributed by atoms with Crippen LogP contribution in [0.25, 0.3) is 0 Å². The average Bonchev–Trinajstić information content (AvgIpc) is 2.24. The molecule has 0 amide bonds. The van der Waals surface area contributed by atoms with E-state index < -0.39 is 5.24 Å². The van der Waals surface area contributed by atoms with Crippen molar-refractivity contribution in [3.8, 4) is 0 Å². The van der Waals surface area contributed by atoms with Crippen molar-refractivity contribution in [1.29, 1.82) is 0 Å². The summed E-state index contributed by atoms with van der Waals surface area (Å²) in [4.78, 5) is 11.3. The molecule has 0 aliphatic rings. The van der Waals surface area contributed by atoms with Crippen molar-refractivity contribution in [3.63, 3.8) is 0 Å². The van der Waals surface area contributed by atoms with Gasteiger partial charge in [0.1, 0.15) is 0 Å². The Morgan fingerprint density at radius 3 is 2.41 bits per heavy atom. The van der Waals surface area contributed by atoms with Gasteiger partial charge >= 0.3 is 0 Å². The van der Waals surface area contributed by atoms with E-state index in [1.54, 1.807) is 6.07 Å². The fourth-order valence-corrected chi connectivity index (χ4v) is 1.65. The first-order chi connectivity index (χ1) is 7.84. The van der Waals surface area contributed by atoms with Crippen LogP contribution in [0.4, 0.5) is 0 Å². The number of ether oxygens (including phenoxy) is 1. The molecule has 0 N–H and O–H groups in total. The van der Waals surface area contributed by atoms with Crippen molar-refractivity contribution in [1.82, 2.24) is 0 Å². The molecule has 2 nitrogen and oxygen atoms in total. The van der Waals surface area contributed by atoms with Crippen LogP contribution >= 0.6 is 11.6 Å². The van der Waals surface area contributed by atoms with E-state index >= 15 is 0 Å². The zero-order chi connectivity index (χ0) is 13.1. The highest BCUT2D eigenvalue weighted by Crippen LogP contribution is 2.25. The molecule has 0 heterocycles. The Balaban J connectivity index is 3.14. The van der Waals surface area contributed by atoms with Gasteiger partial charge in [-0.2, -0.15) is 0 Å². The molecule has 0 radical (unpaired) electrons. The lowest BCUT2D eigenvalue weighted by molar-refractivity contribution is 0.108. The molecule has 0 spiro atoms. The number of hydrogen-bond donors (Lipinski definition) is 0. The Morgan fingerprint density at radius 1 is 1.29 bits per heavy atom. The van der Waals surface area contributed by atoms with Gasteiger partial charge in [-0.05, 0) is 47.2 Å². The second-order valence-electron chi connectivity index (χ2n) is 5.08. The molecule has 0 aliphatic heterocycles. The summed E-state index contributed by atoms with van der Waals surface area (Å²) in [6.07, 6.45) is 0. The summed E-state index contributed by atoms with van der Waals surface area (Å²) in [6.45, 7) is 9.43. The second-order valence-corrected chi connectivity index (χ2v) is 5.42. The van der Waals surface area contributed by atoms with Crippen molar-refractivity contribution in [2.75, 3.05) is 6.61 Å². The van der Waals surface area contributed by atoms with Crippen LogP contribution < -0.4 is 0 Å². The first-order valence-corrected chi connectivity index (χ1v) is 6.14. The van der Waals surface area contributed by atoms with Crippen molar-refractivity contribution >= 4 is 16.8 Å². The van der Waals surface area contributed by atoms with E-state index in [2.05, 4.69) is 26.8 Å². The average molecular weight is 255 g/mol. The van der Waals surface area contributed by atoms with Crippen LogP contribution in [0.15, 0.2) is 18.2 Å². The molecule has 0 atom stereocenters. The number of rotatable bonds is 4. The molecule has 1 aromatic rings. The molecule has 0 aliphatic carbocycles. The van der Waals surface area contributed by atoms with Gasteiger partial charge < -0.3 is 4.74 Å². The smallest absolute Gasteiger partial charge is 0.252 e. The van der Waals surface area contributed by atoms with Gasteiger partial charge in [0.2, 0.25) is 0 Å². The summed E-state index contributed by atoms with van der Waals surface area (Å²) in [5.74, 6) is 0. The van der Waals surface area contributed by atoms with Crippen LogP contribution in [-0.4, -0.2) is 11.8 Å². The largest absolute Gasteiger partial charge is 0.377 e. The van der Waals surface area contributed by atoms with Gasteiger partial charge in [0.05, 0.1) is 6.61 Å². The van der Waals surface area contributed by atoms with E-state index in [1.165, 1.54) is 0 Å². The van der Waals surface area contributed by atoms with Crippen LogP contribution in [0.5, 0.6) is 0 Å². The summed E-state index contributed by atoms with van der Waals surface area (Å²) in [6, 6.07) is 5.71. The molecule has 0 fully saturated rings. The highest BCUT2D eigenvalue weighted by molar-refractivity contribution is 6.67. The molecule has 0 unspecified atom stereocenters. The van der Waals surface area contributed by atoms with Gasteiger partial charge in [0.15, 0.2) is 0 Å². The summed E-state index contributed by atoms with van der Waals surface area (Å²) in [5.41, 5.74) is 2.61. The fourth-order valence-electron chi connectivity index (χ4n) is 1.54. The fraction of sp³-hybridized carbons (Fsp3) is 0.500. The maximum absolute atomic E-state index is 11.3. The molecule has 17 heavy (non-hydrogen) atoms. The van der Waals surface area contributed by atoms with Crippen LogP contribution in [0.3, 0.4) is 0 Å². The van der Waals surface area contributed by atoms with E-state index in [4.69, 9.17) is 16.3 Å². The third-order valence-electron chi connectivity index (χ3n) is 2.56. The lowest BCUT2D eigenvalue weighted by Crippen LogP contribution is -2.13. The third kappa shape index (κ3) is 4.14. The zero-order valence-corrected chi connectivity index (χ0v) is 11.6. The van der Waals surface area contributed by atoms with E-state index in [9.17, 15) is 4.79 Å². The Kier molecular flexibility index (Phi) is 4.72. The minimum absolute atomic E-state index is 0.0106. The molecule has 3 heteroatoms. The van der Waals surface area contributed by atoms with Gasteiger partial charge in [-0.1, -0.05) is 26.8 Å². The normalized spacial score (nSPS) is 11.6. The maximum Gasteiger partial charge on any atom is 0.252 e. The van der Waals surface area contributed by atoms with Gasteiger partial charge in [0, 0.05) is 12.2 Å². The minimum Gasteiger partial charge on any atom is -0.377 e. The third-order valence-corrected chi connectivity index (χ3v) is 2.78. The molecule has 0 aromatic heterocycles. The molecule has 0 saturated carbocycles. The second kappa shape index (κ2) is 5.65. The maximum atomic E-state index is 11.3. The molecule has 1 aromatic carbocycles. The van der Waals surface area contributed by atoms with E-state index in [1.807, 2.05) is 13.0 Å². The summed E-state index contributed by atoms with van der Waals surface area (Å²) >= 11 is 5.55. The van der Waals surface area contributed by atoms with Crippen molar-refractivity contribution in [3.05, 3.63) is 34.9 Å². The minimum atomic E-state index is -0.422. The predicted octanol–water partition coefficient (Wildman–Crippen LogP) is 3.90. The summed E-state index contributed by atoms with van der Waals surface area (Å²) < 4.78 is 5.37. The van der Waals surface area contributed by atoms with E-state index in [0.717, 1.165) is 11.1 Å². The molecule has 0 saturated heterocycles. The predicted molar refractivity (Wildman–Crippen MR) is 70.7 cm³/mol. The lowest BCUT2D eigenvalue weighted by Gasteiger charge is -2.20. The summed E-state index contributed by atoms with van der Waals surface area (Å²) in [7, 11) is 0. The lowest BCUT2D eigenvalue weighted by atomic mass is 9.85. The first-order valence-electron chi connectivity index (χ1n) is 5.76. The number of carbonyl (C=O) groups is 1. The van der Waals surface area contributed by atoms with Gasteiger partial charge in [-0.15, -0.1) is 0 Å². The Bertz CT molecular complexity index is 405. The molecule has 0 bridgehead atoms. The molecular weight excluding hydrogens is 236 g/mol. The number of halogens is 1. The number of benzene rings is 1. The van der Waals surface area contributed by atoms with Crippen LogP contribution in [0.1, 0.15) is 49.2 Å². The molecule has 1 rings (SSSR count). The quantitative estimate of drug-likeness (QED) is 0.762. The SMILES string of the molecule is CCOCc1cc(C(=O)Cl)cc(C(C)(C)C)c1. The van der Waals surface area contributed by atoms with Crippen molar-refractivity contribution in [2.45, 2.75) is 39.7 Å². The zero-order valence-electron chi connectivity index (χ0n) is 10.8. The van der Waals surface area contributed by atoms with Gasteiger partial charge in [0.25, 0.3) is 5.24 Å². The monoisotopic (exact) mass is 254 g/mol. The first kappa shape index (κ1) is 14.2. The van der Waals surface area contributed by atoms with Crippen LogP contribution in [0, 0.1) is 0 Å².